The fourth-order valence-corrected chi connectivity index (χ4v) is 3.60. The number of piperidine rings is 1. The molecule has 104 valence electrons. The van der Waals surface area contributed by atoms with Gasteiger partial charge in [-0.3, -0.25) is 4.90 Å². The van der Waals surface area contributed by atoms with Crippen molar-refractivity contribution in [3.63, 3.8) is 0 Å². The van der Waals surface area contributed by atoms with Gasteiger partial charge in [0.15, 0.2) is 0 Å². The fourth-order valence-electron chi connectivity index (χ4n) is 3.60. The number of allylic oxidation sites excluding steroid dienone is 1. The lowest BCUT2D eigenvalue weighted by Gasteiger charge is -2.48. The molecule has 1 aliphatic carbocycles. The van der Waals surface area contributed by atoms with Crippen molar-refractivity contribution >= 4 is 0 Å². The molecule has 2 aliphatic rings. The van der Waals surface area contributed by atoms with Crippen LogP contribution < -0.4 is 0 Å². The van der Waals surface area contributed by atoms with E-state index < -0.39 is 5.60 Å². The zero-order valence-corrected chi connectivity index (χ0v) is 12.3. The van der Waals surface area contributed by atoms with Crippen LogP contribution in [0.5, 0.6) is 0 Å². The van der Waals surface area contributed by atoms with Gasteiger partial charge in [-0.05, 0) is 70.9 Å². The average molecular weight is 251 g/mol. The van der Waals surface area contributed by atoms with Gasteiger partial charge in [0, 0.05) is 6.04 Å². The summed E-state index contributed by atoms with van der Waals surface area (Å²) < 4.78 is 0. The van der Waals surface area contributed by atoms with Gasteiger partial charge >= 0.3 is 0 Å². The van der Waals surface area contributed by atoms with Gasteiger partial charge in [-0.2, -0.15) is 0 Å². The number of hydrogen-bond acceptors (Lipinski definition) is 2. The Balaban J connectivity index is 2.04. The highest BCUT2D eigenvalue weighted by Crippen LogP contribution is 2.39. The minimum Gasteiger partial charge on any atom is -0.389 e. The van der Waals surface area contributed by atoms with Gasteiger partial charge in [0.05, 0.1) is 5.60 Å². The third-order valence-electron chi connectivity index (χ3n) is 5.18. The van der Waals surface area contributed by atoms with Crippen LogP contribution in [0.25, 0.3) is 0 Å². The molecule has 3 atom stereocenters. The predicted octanol–water partition coefficient (Wildman–Crippen LogP) is 3.21. The van der Waals surface area contributed by atoms with Gasteiger partial charge in [-0.25, -0.2) is 0 Å². The summed E-state index contributed by atoms with van der Waals surface area (Å²) in [4.78, 5) is 2.54. The Bertz CT molecular complexity index is 302. The average Bonchev–Trinajstić information content (AvgIpc) is 2.30. The van der Waals surface area contributed by atoms with E-state index in [1.807, 2.05) is 6.92 Å². The van der Waals surface area contributed by atoms with Crippen LogP contribution in [0.4, 0.5) is 0 Å². The summed E-state index contributed by atoms with van der Waals surface area (Å²) in [7, 11) is 0. The zero-order chi connectivity index (χ0) is 13.3. The molecule has 1 saturated carbocycles. The molecule has 0 spiro atoms. The van der Waals surface area contributed by atoms with E-state index in [0.717, 1.165) is 38.3 Å². The van der Waals surface area contributed by atoms with Gasteiger partial charge in [0.1, 0.15) is 0 Å². The topological polar surface area (TPSA) is 23.5 Å². The van der Waals surface area contributed by atoms with Crippen LogP contribution in [0.15, 0.2) is 12.2 Å². The highest BCUT2D eigenvalue weighted by atomic mass is 16.3. The van der Waals surface area contributed by atoms with E-state index in [-0.39, 0.29) is 0 Å². The maximum Gasteiger partial charge on any atom is 0.0774 e. The summed E-state index contributed by atoms with van der Waals surface area (Å²) in [5, 5.41) is 10.7. The van der Waals surface area contributed by atoms with E-state index in [1.165, 1.54) is 18.4 Å². The van der Waals surface area contributed by atoms with Gasteiger partial charge in [-0.1, -0.05) is 19.1 Å². The lowest BCUT2D eigenvalue weighted by molar-refractivity contribution is -0.0766. The van der Waals surface area contributed by atoms with Crippen molar-refractivity contribution in [2.24, 2.45) is 11.8 Å². The molecular weight excluding hydrogens is 222 g/mol. The standard InChI is InChI=1S/C16H29NO/c1-12(2)14-5-8-16(4,18)15(11-14)17-9-6-13(3)7-10-17/h13-15,18H,1,5-11H2,2-4H3/t14-,15?,16?/m1/s1. The van der Waals surface area contributed by atoms with Gasteiger partial charge in [0.2, 0.25) is 0 Å². The number of aliphatic hydroxyl groups is 1. The van der Waals surface area contributed by atoms with Gasteiger partial charge in [-0.15, -0.1) is 0 Å². The minimum atomic E-state index is -0.507. The van der Waals surface area contributed by atoms with E-state index in [0.29, 0.717) is 12.0 Å². The van der Waals surface area contributed by atoms with Crippen molar-refractivity contribution in [1.82, 2.24) is 4.90 Å². The fraction of sp³-hybridized carbons (Fsp3) is 0.875. The number of hydrogen-bond donors (Lipinski definition) is 1. The maximum absolute atomic E-state index is 10.7. The third kappa shape index (κ3) is 2.97. The first kappa shape index (κ1) is 14.1. The zero-order valence-electron chi connectivity index (χ0n) is 12.3. The molecule has 18 heavy (non-hydrogen) atoms. The molecule has 0 aromatic heterocycles. The van der Waals surface area contributed by atoms with E-state index in [1.54, 1.807) is 0 Å². The van der Waals surface area contributed by atoms with Crippen molar-refractivity contribution in [1.29, 1.82) is 0 Å². The Kier molecular flexibility index (Phi) is 4.18. The van der Waals surface area contributed by atoms with Crippen molar-refractivity contribution in [2.45, 2.75) is 64.5 Å². The van der Waals surface area contributed by atoms with E-state index >= 15 is 0 Å². The number of likely N-dealkylation sites (tertiary alicyclic amines) is 1. The van der Waals surface area contributed by atoms with E-state index in [2.05, 4.69) is 25.3 Å². The molecule has 0 bridgehead atoms. The molecule has 1 heterocycles. The molecule has 2 rings (SSSR count). The summed E-state index contributed by atoms with van der Waals surface area (Å²) in [6.07, 6.45) is 5.68. The molecule has 0 radical (unpaired) electrons. The van der Waals surface area contributed by atoms with Crippen LogP contribution in [-0.2, 0) is 0 Å². The first-order valence-corrected chi connectivity index (χ1v) is 7.52. The van der Waals surface area contributed by atoms with Gasteiger partial charge in [0.25, 0.3) is 0 Å². The van der Waals surface area contributed by atoms with Crippen molar-refractivity contribution in [3.05, 3.63) is 12.2 Å². The van der Waals surface area contributed by atoms with Crippen LogP contribution >= 0.6 is 0 Å². The Labute approximate surface area is 112 Å². The molecule has 2 nitrogen and oxygen atoms in total. The second kappa shape index (κ2) is 5.34. The lowest BCUT2D eigenvalue weighted by Crippen LogP contribution is -2.56. The van der Waals surface area contributed by atoms with E-state index in [9.17, 15) is 5.11 Å². The monoisotopic (exact) mass is 251 g/mol. The molecule has 1 saturated heterocycles. The largest absolute Gasteiger partial charge is 0.389 e. The van der Waals surface area contributed by atoms with Crippen LogP contribution in [0.2, 0.25) is 0 Å². The summed E-state index contributed by atoms with van der Waals surface area (Å²) >= 11 is 0. The highest BCUT2D eigenvalue weighted by Gasteiger charge is 2.42. The van der Waals surface area contributed by atoms with Crippen LogP contribution in [0.3, 0.4) is 0 Å². The van der Waals surface area contributed by atoms with Crippen LogP contribution in [-0.4, -0.2) is 34.7 Å². The summed E-state index contributed by atoms with van der Waals surface area (Å²) in [6.45, 7) is 12.9. The smallest absolute Gasteiger partial charge is 0.0774 e. The lowest BCUT2D eigenvalue weighted by atomic mass is 9.73. The first-order valence-electron chi connectivity index (χ1n) is 7.52. The Hall–Kier alpha value is -0.340. The predicted molar refractivity (Wildman–Crippen MR) is 76.5 cm³/mol. The second-order valence-electron chi connectivity index (χ2n) is 6.91. The SMILES string of the molecule is C=C(C)[C@@H]1CCC(C)(O)C(N2CCC(C)CC2)C1. The molecule has 1 N–H and O–H groups in total. The molecule has 0 amide bonds. The minimum absolute atomic E-state index is 0.334. The Morgan fingerprint density at radius 3 is 2.44 bits per heavy atom. The first-order chi connectivity index (χ1) is 8.40. The molecule has 0 aromatic carbocycles. The van der Waals surface area contributed by atoms with Crippen LogP contribution in [0, 0.1) is 11.8 Å². The van der Waals surface area contributed by atoms with Crippen molar-refractivity contribution < 1.29 is 5.11 Å². The van der Waals surface area contributed by atoms with E-state index in [4.69, 9.17) is 0 Å². The normalized spacial score (nSPS) is 39.8. The molecule has 0 aromatic rings. The van der Waals surface area contributed by atoms with Crippen molar-refractivity contribution in [2.75, 3.05) is 13.1 Å². The van der Waals surface area contributed by atoms with Gasteiger partial charge < -0.3 is 5.11 Å². The van der Waals surface area contributed by atoms with Crippen molar-refractivity contribution in [3.8, 4) is 0 Å². The Morgan fingerprint density at radius 1 is 1.28 bits per heavy atom. The molecule has 1 aliphatic heterocycles. The highest BCUT2D eigenvalue weighted by molar-refractivity contribution is 5.05. The Morgan fingerprint density at radius 2 is 1.89 bits per heavy atom. The summed E-state index contributed by atoms with van der Waals surface area (Å²) in [5.74, 6) is 1.46. The molecule has 2 heteroatoms. The quantitative estimate of drug-likeness (QED) is 0.762. The maximum atomic E-state index is 10.7. The number of nitrogens with zero attached hydrogens (tertiary/aromatic N) is 1. The third-order valence-corrected chi connectivity index (χ3v) is 5.18. The summed E-state index contributed by atoms with van der Waals surface area (Å²) in [5.41, 5.74) is 0.785. The second-order valence-corrected chi connectivity index (χ2v) is 6.91. The molecule has 2 unspecified atom stereocenters. The molecular formula is C16H29NO. The summed E-state index contributed by atoms with van der Waals surface area (Å²) in [6, 6.07) is 0.334. The van der Waals surface area contributed by atoms with Crippen LogP contribution in [0.1, 0.15) is 52.9 Å². The molecule has 2 fully saturated rings. The number of rotatable bonds is 2.